The number of pyridine rings is 1. The highest BCUT2D eigenvalue weighted by Gasteiger charge is 2.10. The first-order valence-corrected chi connectivity index (χ1v) is 5.70. The molecule has 1 amide bonds. The lowest BCUT2D eigenvalue weighted by Crippen LogP contribution is -2.14. The van der Waals surface area contributed by atoms with Crippen LogP contribution in [0.5, 0.6) is 0 Å². The fourth-order valence-corrected chi connectivity index (χ4v) is 1.76. The maximum Gasteiger partial charge on any atom is 0.275 e. The number of rotatable bonds is 2. The molecule has 1 heterocycles. The molecule has 1 aromatic carbocycles. The Labute approximate surface area is 109 Å². The van der Waals surface area contributed by atoms with E-state index in [1.54, 1.807) is 42.6 Å². The van der Waals surface area contributed by atoms with Crippen LogP contribution in [0.15, 0.2) is 47.5 Å². The Kier molecular flexibility index (Phi) is 3.66. The quantitative estimate of drug-likeness (QED) is 0.818. The summed E-state index contributed by atoms with van der Waals surface area (Å²) in [5.74, 6) is -0.308. The van der Waals surface area contributed by atoms with Crippen molar-refractivity contribution in [3.63, 3.8) is 0 Å². The lowest BCUT2D eigenvalue weighted by Gasteiger charge is -2.06. The highest BCUT2D eigenvalue weighted by Crippen LogP contribution is 2.17. The summed E-state index contributed by atoms with van der Waals surface area (Å²) in [5.41, 5.74) is 0.914. The van der Waals surface area contributed by atoms with Crippen LogP contribution >= 0.6 is 24.2 Å². The van der Waals surface area contributed by atoms with Crippen LogP contribution in [0.1, 0.15) is 10.5 Å². The van der Waals surface area contributed by atoms with Crippen LogP contribution in [0.4, 0.5) is 5.69 Å². The van der Waals surface area contributed by atoms with Crippen LogP contribution in [0.25, 0.3) is 0 Å². The number of carbonyl (C=O) groups is 1. The minimum atomic E-state index is -0.308. The topological polar surface area (TPSA) is 42.0 Å². The molecule has 1 aromatic heterocycles. The molecule has 1 N–H and O–H groups in total. The van der Waals surface area contributed by atoms with Crippen LogP contribution in [-0.4, -0.2) is 10.9 Å². The second kappa shape index (κ2) is 5.21. The molecule has 2 rings (SSSR count). The molecule has 0 bridgehead atoms. The van der Waals surface area contributed by atoms with Crippen LogP contribution in [-0.2, 0) is 0 Å². The van der Waals surface area contributed by atoms with Gasteiger partial charge >= 0.3 is 0 Å². The number of benzene rings is 1. The van der Waals surface area contributed by atoms with E-state index in [9.17, 15) is 4.79 Å². The molecule has 0 radical (unpaired) electrons. The molecule has 17 heavy (non-hydrogen) atoms. The first-order valence-electron chi connectivity index (χ1n) is 4.88. The van der Waals surface area contributed by atoms with Gasteiger partial charge in [-0.2, -0.15) is 0 Å². The smallest absolute Gasteiger partial charge is 0.275 e. The molecule has 2 aromatic rings. The normalized spacial score (nSPS) is 10.0. The summed E-state index contributed by atoms with van der Waals surface area (Å²) in [4.78, 5) is 16.4. The third kappa shape index (κ3) is 2.99. The Balaban J connectivity index is 2.20. The molecule has 0 unspecified atom stereocenters. The predicted molar refractivity (Wildman–Crippen MR) is 70.9 cm³/mol. The summed E-state index contributed by atoms with van der Waals surface area (Å²) in [7, 11) is 0. The molecular weight excluding hydrogens is 256 g/mol. The monoisotopic (exact) mass is 264 g/mol. The second-order valence-corrected chi connectivity index (χ2v) is 4.25. The Hall–Kier alpha value is -1.52. The number of halogens is 1. The van der Waals surface area contributed by atoms with E-state index in [0.29, 0.717) is 15.6 Å². The molecule has 3 nitrogen and oxygen atoms in total. The average molecular weight is 265 g/mol. The van der Waals surface area contributed by atoms with Crippen molar-refractivity contribution in [2.75, 3.05) is 5.32 Å². The van der Waals surface area contributed by atoms with Crippen molar-refractivity contribution < 1.29 is 4.79 Å². The lowest BCUT2D eigenvalue weighted by atomic mass is 10.3. The van der Waals surface area contributed by atoms with Gasteiger partial charge in [-0.25, -0.2) is 4.98 Å². The summed E-state index contributed by atoms with van der Waals surface area (Å²) in [6, 6.07) is 10.4. The minimum Gasteiger partial charge on any atom is -0.321 e. The molecule has 0 saturated heterocycles. The standard InChI is InChI=1S/C12H9ClN2OS/c13-8-3-1-4-9(7-8)15-12(16)11-10(17)5-2-6-14-11/h1-7,17H,(H,15,16). The Morgan fingerprint density at radius 2 is 2.12 bits per heavy atom. The molecule has 0 atom stereocenters. The van der Waals surface area contributed by atoms with E-state index in [0.717, 1.165) is 0 Å². The largest absolute Gasteiger partial charge is 0.321 e. The lowest BCUT2D eigenvalue weighted by molar-refractivity contribution is 0.101. The van der Waals surface area contributed by atoms with E-state index in [2.05, 4.69) is 22.9 Å². The Bertz CT molecular complexity index is 560. The zero-order valence-corrected chi connectivity index (χ0v) is 10.4. The van der Waals surface area contributed by atoms with Crippen molar-refractivity contribution in [2.45, 2.75) is 4.90 Å². The zero-order chi connectivity index (χ0) is 12.3. The van der Waals surface area contributed by atoms with Crippen molar-refractivity contribution in [3.05, 3.63) is 53.3 Å². The maximum atomic E-state index is 11.9. The highest BCUT2D eigenvalue weighted by molar-refractivity contribution is 7.80. The highest BCUT2D eigenvalue weighted by atomic mass is 35.5. The summed E-state index contributed by atoms with van der Waals surface area (Å²) in [5, 5.41) is 3.27. The maximum absolute atomic E-state index is 11.9. The number of thiol groups is 1. The van der Waals surface area contributed by atoms with E-state index in [1.807, 2.05) is 0 Å². The van der Waals surface area contributed by atoms with Crippen LogP contribution in [0.3, 0.4) is 0 Å². The van der Waals surface area contributed by atoms with Crippen LogP contribution < -0.4 is 5.32 Å². The molecule has 5 heteroatoms. The van der Waals surface area contributed by atoms with Gasteiger partial charge in [-0.15, -0.1) is 12.6 Å². The van der Waals surface area contributed by atoms with Gasteiger partial charge < -0.3 is 5.32 Å². The van der Waals surface area contributed by atoms with Crippen molar-refractivity contribution in [1.29, 1.82) is 0 Å². The van der Waals surface area contributed by atoms with E-state index in [1.165, 1.54) is 0 Å². The van der Waals surface area contributed by atoms with Crippen molar-refractivity contribution in [3.8, 4) is 0 Å². The van der Waals surface area contributed by atoms with Gasteiger partial charge in [0.25, 0.3) is 5.91 Å². The van der Waals surface area contributed by atoms with E-state index in [-0.39, 0.29) is 11.6 Å². The molecule has 0 aliphatic heterocycles. The first-order chi connectivity index (χ1) is 8.16. The first kappa shape index (κ1) is 12.0. The van der Waals surface area contributed by atoms with E-state index in [4.69, 9.17) is 11.6 Å². The molecule has 0 aliphatic carbocycles. The predicted octanol–water partition coefficient (Wildman–Crippen LogP) is 3.28. The third-order valence-electron chi connectivity index (χ3n) is 2.08. The van der Waals surface area contributed by atoms with E-state index < -0.39 is 0 Å². The number of hydrogen-bond donors (Lipinski definition) is 2. The Morgan fingerprint density at radius 1 is 1.29 bits per heavy atom. The molecular formula is C12H9ClN2OS. The molecule has 0 aliphatic rings. The number of carbonyl (C=O) groups excluding carboxylic acids is 1. The summed E-state index contributed by atoms with van der Waals surface area (Å²) in [6.07, 6.45) is 1.55. The number of hydrogen-bond acceptors (Lipinski definition) is 3. The van der Waals surface area contributed by atoms with Gasteiger partial charge in [0.15, 0.2) is 0 Å². The van der Waals surface area contributed by atoms with Gasteiger partial charge in [-0.3, -0.25) is 4.79 Å². The van der Waals surface area contributed by atoms with Gasteiger partial charge in [0, 0.05) is 21.8 Å². The zero-order valence-electron chi connectivity index (χ0n) is 8.72. The number of nitrogens with zero attached hydrogens (tertiary/aromatic N) is 1. The fourth-order valence-electron chi connectivity index (χ4n) is 1.33. The van der Waals surface area contributed by atoms with Gasteiger partial charge in [0.05, 0.1) is 0 Å². The van der Waals surface area contributed by atoms with Gasteiger partial charge in [0.2, 0.25) is 0 Å². The molecule has 0 fully saturated rings. The summed E-state index contributed by atoms with van der Waals surface area (Å²) >= 11 is 10.00. The minimum absolute atomic E-state index is 0.288. The number of amides is 1. The van der Waals surface area contributed by atoms with Gasteiger partial charge in [-0.1, -0.05) is 17.7 Å². The SMILES string of the molecule is O=C(Nc1cccc(Cl)c1)c1ncccc1S. The number of aromatic nitrogens is 1. The number of anilines is 1. The second-order valence-electron chi connectivity index (χ2n) is 3.34. The summed E-state index contributed by atoms with van der Waals surface area (Å²) in [6.45, 7) is 0. The van der Waals surface area contributed by atoms with Gasteiger partial charge in [-0.05, 0) is 30.3 Å². The van der Waals surface area contributed by atoms with Crippen LogP contribution in [0.2, 0.25) is 5.02 Å². The van der Waals surface area contributed by atoms with Crippen molar-refractivity contribution >= 4 is 35.8 Å². The fraction of sp³-hybridized carbons (Fsp3) is 0. The van der Waals surface area contributed by atoms with Crippen molar-refractivity contribution in [2.24, 2.45) is 0 Å². The molecule has 0 saturated carbocycles. The molecule has 86 valence electrons. The number of nitrogens with one attached hydrogen (secondary N) is 1. The third-order valence-corrected chi connectivity index (χ3v) is 2.68. The molecule has 0 spiro atoms. The van der Waals surface area contributed by atoms with Gasteiger partial charge in [0.1, 0.15) is 5.69 Å². The van der Waals surface area contributed by atoms with E-state index >= 15 is 0 Å². The summed E-state index contributed by atoms with van der Waals surface area (Å²) < 4.78 is 0. The Morgan fingerprint density at radius 3 is 2.82 bits per heavy atom. The van der Waals surface area contributed by atoms with Crippen LogP contribution in [0, 0.1) is 0 Å². The average Bonchev–Trinajstić information content (AvgIpc) is 2.29. The van der Waals surface area contributed by atoms with Crippen molar-refractivity contribution in [1.82, 2.24) is 4.98 Å².